The van der Waals surface area contributed by atoms with E-state index in [0.717, 1.165) is 38.5 Å². The Morgan fingerprint density at radius 3 is 3.07 bits per heavy atom. The number of epoxide rings is 1. The van der Waals surface area contributed by atoms with E-state index in [2.05, 4.69) is 17.0 Å². The third-order valence-electron chi connectivity index (χ3n) is 2.86. The van der Waals surface area contributed by atoms with Crippen molar-refractivity contribution in [3.63, 3.8) is 0 Å². The van der Waals surface area contributed by atoms with E-state index in [1.165, 1.54) is 5.69 Å². The zero-order chi connectivity index (χ0) is 10.1. The van der Waals surface area contributed by atoms with Crippen LogP contribution in [0.4, 0.5) is 5.69 Å². The predicted molar refractivity (Wildman–Crippen MR) is 58.5 cm³/mol. The molecule has 1 aromatic carbocycles. The van der Waals surface area contributed by atoms with Gasteiger partial charge in [-0.05, 0) is 18.6 Å². The molecule has 0 saturated carbocycles. The SMILES string of the molecule is c1ccc2c(c1)OCCCN2CC1CO1. The average molecular weight is 205 g/mol. The highest BCUT2D eigenvalue weighted by molar-refractivity contribution is 5.59. The summed E-state index contributed by atoms with van der Waals surface area (Å²) in [5, 5.41) is 0. The monoisotopic (exact) mass is 205 g/mol. The molecule has 1 atom stereocenters. The first-order chi connectivity index (χ1) is 7.43. The number of para-hydroxylation sites is 2. The highest BCUT2D eigenvalue weighted by Gasteiger charge is 2.27. The lowest BCUT2D eigenvalue weighted by Crippen LogP contribution is -2.28. The number of benzene rings is 1. The Morgan fingerprint density at radius 2 is 2.20 bits per heavy atom. The molecule has 0 amide bonds. The summed E-state index contributed by atoms with van der Waals surface area (Å²) in [6, 6.07) is 8.26. The van der Waals surface area contributed by atoms with Gasteiger partial charge in [0.1, 0.15) is 5.75 Å². The van der Waals surface area contributed by atoms with Crippen LogP contribution in [0, 0.1) is 0 Å². The Kier molecular flexibility index (Phi) is 2.25. The minimum Gasteiger partial charge on any atom is -0.491 e. The van der Waals surface area contributed by atoms with Crippen LogP contribution in [0.25, 0.3) is 0 Å². The van der Waals surface area contributed by atoms with Crippen LogP contribution in [0.3, 0.4) is 0 Å². The van der Waals surface area contributed by atoms with Crippen molar-refractivity contribution in [2.45, 2.75) is 12.5 Å². The quantitative estimate of drug-likeness (QED) is 0.687. The Labute approximate surface area is 89.6 Å². The molecule has 1 fully saturated rings. The number of hydrogen-bond donors (Lipinski definition) is 0. The topological polar surface area (TPSA) is 25.0 Å². The van der Waals surface area contributed by atoms with Crippen molar-refractivity contribution in [3.8, 4) is 5.75 Å². The van der Waals surface area contributed by atoms with E-state index in [1.807, 2.05) is 12.1 Å². The normalized spacial score (nSPS) is 24.0. The zero-order valence-corrected chi connectivity index (χ0v) is 8.69. The van der Waals surface area contributed by atoms with Crippen LogP contribution in [-0.4, -0.2) is 32.4 Å². The fourth-order valence-corrected chi connectivity index (χ4v) is 2.01. The van der Waals surface area contributed by atoms with Gasteiger partial charge in [0.25, 0.3) is 0 Å². The summed E-state index contributed by atoms with van der Waals surface area (Å²) in [7, 11) is 0. The second-order valence-corrected chi connectivity index (χ2v) is 4.07. The molecule has 0 aromatic heterocycles. The Balaban J connectivity index is 1.86. The minimum atomic E-state index is 0.441. The highest BCUT2D eigenvalue weighted by atomic mass is 16.6. The standard InChI is InChI=1S/C12H15NO2/c1-2-5-12-11(4-1)13(6-3-7-14-12)8-10-9-15-10/h1-2,4-5,10H,3,6-9H2. The molecule has 80 valence electrons. The molecule has 3 nitrogen and oxygen atoms in total. The van der Waals surface area contributed by atoms with E-state index in [0.29, 0.717) is 6.10 Å². The summed E-state index contributed by atoms with van der Waals surface area (Å²) in [4.78, 5) is 2.38. The van der Waals surface area contributed by atoms with Gasteiger partial charge in [0, 0.05) is 13.1 Å². The molecule has 0 aliphatic carbocycles. The largest absolute Gasteiger partial charge is 0.491 e. The molecule has 1 saturated heterocycles. The van der Waals surface area contributed by atoms with Crippen LogP contribution < -0.4 is 9.64 Å². The van der Waals surface area contributed by atoms with Crippen molar-refractivity contribution in [3.05, 3.63) is 24.3 Å². The molecule has 2 aliphatic heterocycles. The van der Waals surface area contributed by atoms with Crippen LogP contribution in [-0.2, 0) is 4.74 Å². The first kappa shape index (κ1) is 9.04. The van der Waals surface area contributed by atoms with Gasteiger partial charge in [0.2, 0.25) is 0 Å². The second kappa shape index (κ2) is 3.74. The van der Waals surface area contributed by atoms with Crippen molar-refractivity contribution in [1.29, 1.82) is 0 Å². The van der Waals surface area contributed by atoms with Gasteiger partial charge >= 0.3 is 0 Å². The second-order valence-electron chi connectivity index (χ2n) is 4.07. The van der Waals surface area contributed by atoms with Gasteiger partial charge in [-0.2, -0.15) is 0 Å². The summed E-state index contributed by atoms with van der Waals surface area (Å²) in [6.07, 6.45) is 1.53. The molecule has 0 radical (unpaired) electrons. The fourth-order valence-electron chi connectivity index (χ4n) is 2.01. The molecule has 0 spiro atoms. The lowest BCUT2D eigenvalue weighted by molar-refractivity contribution is 0.322. The summed E-state index contributed by atoms with van der Waals surface area (Å²) < 4.78 is 11.0. The lowest BCUT2D eigenvalue weighted by atomic mass is 10.2. The number of anilines is 1. The molecule has 0 N–H and O–H groups in total. The third kappa shape index (κ3) is 1.92. The molecule has 2 heterocycles. The maximum Gasteiger partial charge on any atom is 0.142 e. The molecule has 2 aliphatic rings. The van der Waals surface area contributed by atoms with E-state index in [1.54, 1.807) is 0 Å². The van der Waals surface area contributed by atoms with Gasteiger partial charge in [-0.25, -0.2) is 0 Å². The minimum absolute atomic E-state index is 0.441. The molecule has 15 heavy (non-hydrogen) atoms. The van der Waals surface area contributed by atoms with Gasteiger partial charge in [0.05, 0.1) is 25.0 Å². The molecular weight excluding hydrogens is 190 g/mol. The summed E-state index contributed by atoms with van der Waals surface area (Å²) in [5.41, 5.74) is 1.21. The van der Waals surface area contributed by atoms with Crippen LogP contribution in [0.15, 0.2) is 24.3 Å². The highest BCUT2D eigenvalue weighted by Crippen LogP contribution is 2.31. The lowest BCUT2D eigenvalue weighted by Gasteiger charge is -2.22. The number of nitrogens with zero attached hydrogens (tertiary/aromatic N) is 1. The van der Waals surface area contributed by atoms with Gasteiger partial charge < -0.3 is 14.4 Å². The Morgan fingerprint density at radius 1 is 1.33 bits per heavy atom. The van der Waals surface area contributed by atoms with Crippen LogP contribution in [0.2, 0.25) is 0 Å². The number of rotatable bonds is 2. The average Bonchev–Trinajstić information content (AvgIpc) is 3.07. The molecule has 0 bridgehead atoms. The summed E-state index contributed by atoms with van der Waals surface area (Å²) in [5.74, 6) is 1.01. The first-order valence-electron chi connectivity index (χ1n) is 5.52. The Bertz CT molecular complexity index is 349. The van der Waals surface area contributed by atoms with Gasteiger partial charge in [-0.1, -0.05) is 12.1 Å². The predicted octanol–water partition coefficient (Wildman–Crippen LogP) is 1.67. The van der Waals surface area contributed by atoms with Gasteiger partial charge in [0.15, 0.2) is 0 Å². The van der Waals surface area contributed by atoms with Crippen molar-refractivity contribution in [2.75, 3.05) is 31.2 Å². The molecular formula is C12H15NO2. The number of fused-ring (bicyclic) bond motifs is 1. The first-order valence-corrected chi connectivity index (χ1v) is 5.52. The van der Waals surface area contributed by atoms with Crippen LogP contribution in [0.5, 0.6) is 5.75 Å². The van der Waals surface area contributed by atoms with E-state index < -0.39 is 0 Å². The van der Waals surface area contributed by atoms with Crippen molar-refractivity contribution in [2.24, 2.45) is 0 Å². The van der Waals surface area contributed by atoms with Crippen LogP contribution in [0.1, 0.15) is 6.42 Å². The van der Waals surface area contributed by atoms with Crippen LogP contribution >= 0.6 is 0 Å². The maximum atomic E-state index is 5.70. The number of ether oxygens (including phenoxy) is 2. The molecule has 1 aromatic rings. The van der Waals surface area contributed by atoms with E-state index in [4.69, 9.17) is 9.47 Å². The third-order valence-corrected chi connectivity index (χ3v) is 2.86. The molecule has 1 unspecified atom stereocenters. The van der Waals surface area contributed by atoms with Gasteiger partial charge in [-0.15, -0.1) is 0 Å². The number of hydrogen-bond acceptors (Lipinski definition) is 3. The summed E-state index contributed by atoms with van der Waals surface area (Å²) >= 11 is 0. The zero-order valence-electron chi connectivity index (χ0n) is 8.69. The van der Waals surface area contributed by atoms with Crippen molar-refractivity contribution < 1.29 is 9.47 Å². The van der Waals surface area contributed by atoms with E-state index in [-0.39, 0.29) is 0 Å². The smallest absolute Gasteiger partial charge is 0.142 e. The van der Waals surface area contributed by atoms with Gasteiger partial charge in [-0.3, -0.25) is 0 Å². The fraction of sp³-hybridized carbons (Fsp3) is 0.500. The summed E-state index contributed by atoms with van der Waals surface area (Å²) in [6.45, 7) is 3.80. The Hall–Kier alpha value is -1.22. The van der Waals surface area contributed by atoms with E-state index >= 15 is 0 Å². The molecule has 3 heteroatoms. The van der Waals surface area contributed by atoms with Crippen molar-refractivity contribution >= 4 is 5.69 Å². The van der Waals surface area contributed by atoms with Crippen molar-refractivity contribution in [1.82, 2.24) is 0 Å². The molecule has 3 rings (SSSR count). The maximum absolute atomic E-state index is 5.70. The van der Waals surface area contributed by atoms with E-state index in [9.17, 15) is 0 Å².